The van der Waals surface area contributed by atoms with Crippen molar-refractivity contribution in [1.82, 2.24) is 4.72 Å². The molecule has 0 aromatic heterocycles. The Morgan fingerprint density at radius 3 is 2.45 bits per heavy atom. The first-order valence-electron chi connectivity index (χ1n) is 5.76. The van der Waals surface area contributed by atoms with Crippen LogP contribution in [0.15, 0.2) is 24.3 Å². The van der Waals surface area contributed by atoms with E-state index in [9.17, 15) is 16.8 Å². The highest BCUT2D eigenvalue weighted by Gasteiger charge is 2.38. The van der Waals surface area contributed by atoms with E-state index in [4.69, 9.17) is 23.2 Å². The summed E-state index contributed by atoms with van der Waals surface area (Å²) in [5, 5.41) is -0.402. The Kier molecular flexibility index (Phi) is 4.66. The second-order valence-electron chi connectivity index (χ2n) is 4.67. The summed E-state index contributed by atoms with van der Waals surface area (Å²) in [7, 11) is -6.99. The van der Waals surface area contributed by atoms with Gasteiger partial charge in [0.05, 0.1) is 28.7 Å². The van der Waals surface area contributed by atoms with Gasteiger partial charge in [-0.3, -0.25) is 0 Å². The summed E-state index contributed by atoms with van der Waals surface area (Å²) in [6.45, 7) is 0. The Hall–Kier alpha value is -0.340. The smallest absolute Gasteiger partial charge is 0.216 e. The van der Waals surface area contributed by atoms with E-state index >= 15 is 0 Å². The van der Waals surface area contributed by atoms with Gasteiger partial charge >= 0.3 is 0 Å². The molecule has 1 aromatic rings. The average Bonchev–Trinajstić information content (AvgIpc) is 2.54. The number of benzene rings is 1. The summed E-state index contributed by atoms with van der Waals surface area (Å²) in [6, 6.07) is 5.78. The number of alkyl halides is 1. The highest BCUT2D eigenvalue weighted by atomic mass is 35.5. The van der Waals surface area contributed by atoms with E-state index in [1.165, 1.54) is 0 Å². The summed E-state index contributed by atoms with van der Waals surface area (Å²) in [5.74, 6) is -0.802. The van der Waals surface area contributed by atoms with Gasteiger partial charge in [0.1, 0.15) is 0 Å². The molecule has 5 nitrogen and oxygen atoms in total. The molecule has 0 amide bonds. The number of hydrogen-bond acceptors (Lipinski definition) is 4. The third kappa shape index (κ3) is 4.08. The van der Waals surface area contributed by atoms with Crippen LogP contribution in [0.2, 0.25) is 5.02 Å². The molecule has 2 atom stereocenters. The number of halogens is 2. The van der Waals surface area contributed by atoms with Gasteiger partial charge in [0.15, 0.2) is 9.84 Å². The fourth-order valence-electron chi connectivity index (χ4n) is 2.01. The van der Waals surface area contributed by atoms with Crippen LogP contribution in [-0.2, 0) is 25.6 Å². The van der Waals surface area contributed by atoms with Crippen molar-refractivity contribution in [2.24, 2.45) is 0 Å². The van der Waals surface area contributed by atoms with E-state index in [1.54, 1.807) is 24.3 Å². The molecule has 112 valence electrons. The van der Waals surface area contributed by atoms with Gasteiger partial charge in [0.25, 0.3) is 0 Å². The molecule has 1 aliphatic heterocycles. The van der Waals surface area contributed by atoms with Crippen LogP contribution in [0.4, 0.5) is 0 Å². The Balaban J connectivity index is 2.11. The molecule has 20 heavy (non-hydrogen) atoms. The van der Waals surface area contributed by atoms with Gasteiger partial charge < -0.3 is 0 Å². The molecule has 2 rings (SSSR count). The van der Waals surface area contributed by atoms with E-state index in [1.807, 2.05) is 0 Å². The van der Waals surface area contributed by atoms with Crippen LogP contribution in [0.25, 0.3) is 0 Å². The first-order chi connectivity index (χ1) is 9.19. The Labute approximate surface area is 128 Å². The molecular formula is C11H13Cl2NO4S2. The highest BCUT2D eigenvalue weighted by Crippen LogP contribution is 2.21. The van der Waals surface area contributed by atoms with Crippen molar-refractivity contribution in [2.45, 2.75) is 17.2 Å². The fraction of sp³-hybridized carbons (Fsp3) is 0.455. The highest BCUT2D eigenvalue weighted by molar-refractivity contribution is 7.92. The fourth-order valence-corrected chi connectivity index (χ4v) is 6.47. The molecule has 0 saturated carbocycles. The van der Waals surface area contributed by atoms with Crippen LogP contribution in [0.5, 0.6) is 0 Å². The van der Waals surface area contributed by atoms with E-state index in [2.05, 4.69) is 4.72 Å². The van der Waals surface area contributed by atoms with Crippen molar-refractivity contribution in [2.75, 3.05) is 11.5 Å². The molecule has 0 bridgehead atoms. The topological polar surface area (TPSA) is 80.3 Å². The Bertz CT molecular complexity index is 703. The minimum absolute atomic E-state index is 0.214. The maximum Gasteiger partial charge on any atom is 0.216 e. The van der Waals surface area contributed by atoms with Crippen LogP contribution in [0.3, 0.4) is 0 Å². The SMILES string of the molecule is O=S1(=O)C[C@@H](Cl)[C@H](NS(=O)(=O)Cc2ccccc2Cl)C1. The molecule has 0 spiro atoms. The lowest BCUT2D eigenvalue weighted by molar-refractivity contribution is 0.562. The van der Waals surface area contributed by atoms with Crippen molar-refractivity contribution in [3.8, 4) is 0 Å². The molecule has 1 heterocycles. The van der Waals surface area contributed by atoms with Crippen LogP contribution in [0.1, 0.15) is 5.56 Å². The minimum Gasteiger partial charge on any atom is -0.229 e. The summed E-state index contributed by atoms with van der Waals surface area (Å²) >= 11 is 11.8. The number of rotatable bonds is 4. The van der Waals surface area contributed by atoms with Crippen LogP contribution in [0, 0.1) is 0 Å². The zero-order valence-electron chi connectivity index (χ0n) is 10.3. The third-order valence-electron chi connectivity index (χ3n) is 2.92. The molecule has 1 saturated heterocycles. The quantitative estimate of drug-likeness (QED) is 0.820. The van der Waals surface area contributed by atoms with Crippen LogP contribution in [-0.4, -0.2) is 39.8 Å². The van der Waals surface area contributed by atoms with Gasteiger partial charge in [-0.25, -0.2) is 21.6 Å². The molecule has 1 N–H and O–H groups in total. The van der Waals surface area contributed by atoms with Crippen molar-refractivity contribution in [1.29, 1.82) is 0 Å². The minimum atomic E-state index is -3.71. The van der Waals surface area contributed by atoms with E-state index in [-0.39, 0.29) is 17.3 Å². The molecule has 0 aliphatic carbocycles. The number of sulfone groups is 1. The monoisotopic (exact) mass is 357 g/mol. The first-order valence-corrected chi connectivity index (χ1v) is 10.1. The standard InChI is InChI=1S/C11H13Cl2NO4S2/c12-9-4-2-1-3-8(9)5-20(17,18)14-11-7-19(15,16)6-10(11)13/h1-4,10-11,14H,5-7H2/t10-,11-/m1/s1. The van der Waals surface area contributed by atoms with Crippen molar-refractivity contribution < 1.29 is 16.8 Å². The van der Waals surface area contributed by atoms with Crippen molar-refractivity contribution in [3.63, 3.8) is 0 Å². The van der Waals surface area contributed by atoms with Gasteiger partial charge in [-0.15, -0.1) is 11.6 Å². The summed E-state index contributed by atoms with van der Waals surface area (Å²) < 4.78 is 49.2. The Morgan fingerprint density at radius 2 is 1.90 bits per heavy atom. The van der Waals surface area contributed by atoms with Gasteiger partial charge in [-0.1, -0.05) is 29.8 Å². The largest absolute Gasteiger partial charge is 0.229 e. The van der Waals surface area contributed by atoms with Crippen molar-refractivity contribution in [3.05, 3.63) is 34.9 Å². The lowest BCUT2D eigenvalue weighted by Crippen LogP contribution is -2.41. The Morgan fingerprint density at radius 1 is 1.25 bits per heavy atom. The molecule has 9 heteroatoms. The van der Waals surface area contributed by atoms with E-state index < -0.39 is 31.3 Å². The zero-order valence-corrected chi connectivity index (χ0v) is 13.4. The molecule has 1 fully saturated rings. The summed E-state index contributed by atoms with van der Waals surface area (Å²) in [6.07, 6.45) is 0. The van der Waals surface area contributed by atoms with Crippen LogP contribution >= 0.6 is 23.2 Å². The molecular weight excluding hydrogens is 345 g/mol. The van der Waals surface area contributed by atoms with Crippen LogP contribution < -0.4 is 4.72 Å². The number of hydrogen-bond donors (Lipinski definition) is 1. The lowest BCUT2D eigenvalue weighted by atomic mass is 10.2. The number of sulfonamides is 1. The van der Waals surface area contributed by atoms with Gasteiger partial charge in [-0.05, 0) is 11.6 Å². The zero-order chi connectivity index (χ0) is 15.0. The third-order valence-corrected chi connectivity index (χ3v) is 7.01. The van der Waals surface area contributed by atoms with E-state index in [0.29, 0.717) is 10.6 Å². The van der Waals surface area contributed by atoms with Crippen molar-refractivity contribution >= 4 is 43.1 Å². The van der Waals surface area contributed by atoms with Gasteiger partial charge in [-0.2, -0.15) is 0 Å². The maximum atomic E-state index is 12.0. The predicted molar refractivity (Wildman–Crippen MR) is 79.3 cm³/mol. The van der Waals surface area contributed by atoms with E-state index in [0.717, 1.165) is 0 Å². The first kappa shape index (κ1) is 16.0. The second kappa shape index (κ2) is 5.81. The lowest BCUT2D eigenvalue weighted by Gasteiger charge is -2.15. The number of nitrogens with one attached hydrogen (secondary N) is 1. The molecule has 1 aliphatic rings. The second-order valence-corrected chi connectivity index (χ2v) is 9.54. The van der Waals surface area contributed by atoms with Gasteiger partial charge in [0.2, 0.25) is 10.0 Å². The molecule has 1 aromatic carbocycles. The molecule has 0 unspecified atom stereocenters. The maximum absolute atomic E-state index is 12.0. The average molecular weight is 358 g/mol. The predicted octanol–water partition coefficient (Wildman–Crippen LogP) is 1.16. The normalized spacial score (nSPS) is 25.7. The molecule has 0 radical (unpaired) electrons. The van der Waals surface area contributed by atoms with Gasteiger partial charge in [0, 0.05) is 5.02 Å². The summed E-state index contributed by atoms with van der Waals surface area (Å²) in [5.41, 5.74) is 0.452. The summed E-state index contributed by atoms with van der Waals surface area (Å²) in [4.78, 5) is 0.